The van der Waals surface area contributed by atoms with Crippen LogP contribution in [0.4, 0.5) is 11.4 Å². The second kappa shape index (κ2) is 5.97. The quantitative estimate of drug-likeness (QED) is 0.621. The van der Waals surface area contributed by atoms with Gasteiger partial charge in [0.25, 0.3) is 5.69 Å². The number of hydrogen-bond donors (Lipinski definition) is 0. The minimum absolute atomic E-state index is 0.108. The van der Waals surface area contributed by atoms with Crippen molar-refractivity contribution in [3.05, 3.63) is 26.7 Å². The molecule has 1 aromatic carbocycles. The minimum atomic E-state index is -0.345. The summed E-state index contributed by atoms with van der Waals surface area (Å²) in [6.45, 7) is 1.60. The molecular weight excluding hydrogens is 326 g/mol. The molecule has 1 aliphatic rings. The number of ether oxygens (including phenoxy) is 1. The third kappa shape index (κ3) is 2.88. The van der Waals surface area contributed by atoms with E-state index < -0.39 is 0 Å². The van der Waals surface area contributed by atoms with Gasteiger partial charge < -0.3 is 14.5 Å². The lowest BCUT2D eigenvalue weighted by atomic mass is 10.2. The molecule has 0 aromatic heterocycles. The van der Waals surface area contributed by atoms with Gasteiger partial charge in [0.1, 0.15) is 11.4 Å². The smallest absolute Gasteiger partial charge is 0.293 e. The first-order valence-electron chi connectivity index (χ1n) is 6.37. The van der Waals surface area contributed by atoms with E-state index in [1.165, 1.54) is 6.07 Å². The number of hydrogen-bond acceptors (Lipinski definition) is 5. The van der Waals surface area contributed by atoms with Crippen LogP contribution in [0.15, 0.2) is 16.6 Å². The molecule has 6 nitrogen and oxygen atoms in total. The zero-order chi connectivity index (χ0) is 14.9. The number of benzene rings is 1. The van der Waals surface area contributed by atoms with Crippen LogP contribution in [0.3, 0.4) is 0 Å². The Labute approximate surface area is 126 Å². The van der Waals surface area contributed by atoms with Crippen LogP contribution in [0, 0.1) is 10.1 Å². The summed E-state index contributed by atoms with van der Waals surface area (Å²) in [5, 5.41) is 11.3. The van der Waals surface area contributed by atoms with Crippen LogP contribution in [-0.4, -0.2) is 50.2 Å². The molecule has 7 heteroatoms. The summed E-state index contributed by atoms with van der Waals surface area (Å²) >= 11 is 3.30. The maximum absolute atomic E-state index is 11.3. The lowest BCUT2D eigenvalue weighted by molar-refractivity contribution is -0.384. The molecule has 0 aliphatic carbocycles. The predicted octanol–water partition coefficient (Wildman–Crippen LogP) is 2.51. The summed E-state index contributed by atoms with van der Waals surface area (Å²) in [5.74, 6) is 0.610. The molecule has 0 spiro atoms. The van der Waals surface area contributed by atoms with Crippen LogP contribution < -0.4 is 9.64 Å². The Morgan fingerprint density at radius 1 is 1.50 bits per heavy atom. The van der Waals surface area contributed by atoms with Crippen LogP contribution in [0.2, 0.25) is 0 Å². The number of nitrogens with zero attached hydrogens (tertiary/aromatic N) is 3. The number of rotatable bonds is 4. The van der Waals surface area contributed by atoms with Crippen molar-refractivity contribution in [2.45, 2.75) is 12.5 Å². The highest BCUT2D eigenvalue weighted by molar-refractivity contribution is 9.10. The molecule has 110 valence electrons. The van der Waals surface area contributed by atoms with Gasteiger partial charge >= 0.3 is 0 Å². The molecule has 1 atom stereocenters. The fourth-order valence-electron chi connectivity index (χ4n) is 2.47. The van der Waals surface area contributed by atoms with Gasteiger partial charge in [-0.2, -0.15) is 0 Å². The fraction of sp³-hybridized carbons (Fsp3) is 0.538. The summed E-state index contributed by atoms with van der Waals surface area (Å²) in [6, 6.07) is 3.67. The maximum atomic E-state index is 11.3. The monoisotopic (exact) mass is 343 g/mol. The first-order valence-corrected chi connectivity index (χ1v) is 7.16. The van der Waals surface area contributed by atoms with Crippen LogP contribution in [0.5, 0.6) is 5.75 Å². The van der Waals surface area contributed by atoms with Crippen LogP contribution in [0.25, 0.3) is 0 Å². The fourth-order valence-corrected chi connectivity index (χ4v) is 2.96. The van der Waals surface area contributed by atoms with Gasteiger partial charge in [-0.05, 0) is 36.4 Å². The van der Waals surface area contributed by atoms with E-state index in [0.717, 1.165) is 19.5 Å². The van der Waals surface area contributed by atoms with Gasteiger partial charge in [-0.1, -0.05) is 0 Å². The second-order valence-electron chi connectivity index (χ2n) is 5.08. The third-order valence-electron chi connectivity index (χ3n) is 3.68. The van der Waals surface area contributed by atoms with Gasteiger partial charge in [-0.25, -0.2) is 0 Å². The van der Waals surface area contributed by atoms with E-state index >= 15 is 0 Å². The molecule has 1 aliphatic heterocycles. The molecule has 0 bridgehead atoms. The zero-order valence-corrected chi connectivity index (χ0v) is 13.4. The Morgan fingerprint density at radius 3 is 2.70 bits per heavy atom. The van der Waals surface area contributed by atoms with E-state index in [0.29, 0.717) is 22.0 Å². The average Bonchev–Trinajstić information content (AvgIpc) is 2.87. The molecule has 0 N–H and O–H groups in total. The standard InChI is InChI=1S/C13H18BrN3O3/c1-15(2)9-4-5-16(8-9)11-7-13(20-3)10(14)6-12(11)17(18)19/h6-7,9H,4-5,8H2,1-3H3/t9-/m1/s1. The van der Waals surface area contributed by atoms with Crippen LogP contribution in [-0.2, 0) is 0 Å². The highest BCUT2D eigenvalue weighted by Gasteiger charge is 2.29. The van der Waals surface area contributed by atoms with Gasteiger partial charge in [-0.15, -0.1) is 0 Å². The number of nitro benzene ring substituents is 1. The normalized spacial score (nSPS) is 18.6. The Morgan fingerprint density at radius 2 is 2.20 bits per heavy atom. The highest BCUT2D eigenvalue weighted by Crippen LogP contribution is 2.39. The molecule has 1 fully saturated rings. The maximum Gasteiger partial charge on any atom is 0.293 e. The highest BCUT2D eigenvalue weighted by atomic mass is 79.9. The first-order chi connectivity index (χ1) is 9.43. The number of methoxy groups -OCH3 is 1. The van der Waals surface area contributed by atoms with Crippen molar-refractivity contribution >= 4 is 27.3 Å². The summed E-state index contributed by atoms with van der Waals surface area (Å²) in [5.41, 5.74) is 0.733. The summed E-state index contributed by atoms with van der Waals surface area (Å²) in [6.07, 6.45) is 1.00. The van der Waals surface area contributed by atoms with Crippen LogP contribution in [0.1, 0.15) is 6.42 Å². The largest absolute Gasteiger partial charge is 0.495 e. The van der Waals surface area contributed by atoms with Gasteiger partial charge in [0, 0.05) is 31.3 Å². The third-order valence-corrected chi connectivity index (χ3v) is 4.30. The summed E-state index contributed by atoms with van der Waals surface area (Å²) in [7, 11) is 5.62. The number of likely N-dealkylation sites (N-methyl/N-ethyl adjacent to an activating group) is 1. The summed E-state index contributed by atoms with van der Waals surface area (Å²) < 4.78 is 5.84. The lowest BCUT2D eigenvalue weighted by Gasteiger charge is -2.22. The first kappa shape index (κ1) is 15.1. The van der Waals surface area contributed by atoms with Crippen molar-refractivity contribution in [3.8, 4) is 5.75 Å². The Bertz CT molecular complexity index is 522. The molecule has 0 saturated carbocycles. The van der Waals surface area contributed by atoms with E-state index in [1.54, 1.807) is 13.2 Å². The van der Waals surface area contributed by atoms with E-state index in [9.17, 15) is 10.1 Å². The molecule has 1 saturated heterocycles. The molecule has 1 heterocycles. The minimum Gasteiger partial charge on any atom is -0.495 e. The van der Waals surface area contributed by atoms with E-state index in [1.807, 2.05) is 14.1 Å². The summed E-state index contributed by atoms with van der Waals surface area (Å²) in [4.78, 5) is 15.1. The van der Waals surface area contributed by atoms with Crippen molar-refractivity contribution < 1.29 is 9.66 Å². The predicted molar refractivity (Wildman–Crippen MR) is 81.7 cm³/mol. The second-order valence-corrected chi connectivity index (χ2v) is 5.94. The molecule has 1 aromatic rings. The molecule has 0 unspecified atom stereocenters. The van der Waals surface area contributed by atoms with Crippen molar-refractivity contribution in [1.29, 1.82) is 0 Å². The SMILES string of the molecule is COc1cc(N2CC[C@@H](N(C)C)C2)c([N+](=O)[O-])cc1Br. The topological polar surface area (TPSA) is 58.8 Å². The van der Waals surface area contributed by atoms with Gasteiger partial charge in [0.05, 0.1) is 16.5 Å². The van der Waals surface area contributed by atoms with E-state index in [-0.39, 0.29) is 10.6 Å². The molecular formula is C13H18BrN3O3. The molecule has 0 amide bonds. The van der Waals surface area contributed by atoms with Gasteiger partial charge in [0.15, 0.2) is 0 Å². The van der Waals surface area contributed by atoms with Crippen molar-refractivity contribution in [2.75, 3.05) is 39.2 Å². The Hall–Kier alpha value is -1.34. The van der Waals surface area contributed by atoms with Gasteiger partial charge in [-0.3, -0.25) is 10.1 Å². The number of halogens is 1. The van der Waals surface area contributed by atoms with Gasteiger partial charge in [0.2, 0.25) is 0 Å². The number of nitro groups is 1. The Kier molecular flexibility index (Phi) is 4.49. The zero-order valence-electron chi connectivity index (χ0n) is 11.8. The van der Waals surface area contributed by atoms with E-state index in [2.05, 4.69) is 25.7 Å². The molecule has 20 heavy (non-hydrogen) atoms. The van der Waals surface area contributed by atoms with Crippen molar-refractivity contribution in [2.24, 2.45) is 0 Å². The molecule has 0 radical (unpaired) electrons. The van der Waals surface area contributed by atoms with Crippen LogP contribution >= 0.6 is 15.9 Å². The van der Waals surface area contributed by atoms with E-state index in [4.69, 9.17) is 4.74 Å². The van der Waals surface area contributed by atoms with Crippen molar-refractivity contribution in [1.82, 2.24) is 4.90 Å². The van der Waals surface area contributed by atoms with Crippen molar-refractivity contribution in [3.63, 3.8) is 0 Å². The molecule has 2 rings (SSSR count). The lowest BCUT2D eigenvalue weighted by Crippen LogP contribution is -2.31. The Balaban J connectivity index is 2.37. The number of anilines is 1. The average molecular weight is 344 g/mol.